The Balaban J connectivity index is 1.16. The topological polar surface area (TPSA) is 113 Å². The first-order valence-electron chi connectivity index (χ1n) is 22.0. The standard InChI is InChI=1S/C53H66O11/c1-2-28-55-36-50(61-31-45-20-10-4-11-21-45)37-57-40-52(63-33-47-24-14-6-15-25-47)41-59-43-53(64-34-48-26-16-7-17-27-48)42-58-39-51(62-32-46-22-12-5-13-23-46)38-56-35-49(29-54)60-30-44-18-8-3-9-19-44/h2-27,49-54H,1,28-43H2. The summed E-state index contributed by atoms with van der Waals surface area (Å²) in [5.41, 5.74) is 5.22. The summed E-state index contributed by atoms with van der Waals surface area (Å²) in [6, 6.07) is 49.9. The lowest BCUT2D eigenvalue weighted by atomic mass is 10.2. The summed E-state index contributed by atoms with van der Waals surface area (Å²) in [5.74, 6) is 0. The number of hydrogen-bond acceptors (Lipinski definition) is 11. The molecule has 0 fully saturated rings. The van der Waals surface area contributed by atoms with Gasteiger partial charge in [-0.15, -0.1) is 6.58 Å². The second-order valence-electron chi connectivity index (χ2n) is 15.3. The van der Waals surface area contributed by atoms with Crippen LogP contribution in [0.1, 0.15) is 27.8 Å². The van der Waals surface area contributed by atoms with Crippen LogP contribution < -0.4 is 0 Å². The van der Waals surface area contributed by atoms with Crippen LogP contribution in [-0.4, -0.2) is 108 Å². The lowest BCUT2D eigenvalue weighted by Gasteiger charge is -2.24. The second kappa shape index (κ2) is 32.1. The Kier molecular flexibility index (Phi) is 25.3. The summed E-state index contributed by atoms with van der Waals surface area (Å²) in [6.45, 7) is 8.39. The highest BCUT2D eigenvalue weighted by Crippen LogP contribution is 2.12. The Labute approximate surface area is 379 Å². The molecular formula is C53H66O11. The van der Waals surface area contributed by atoms with Crippen LogP contribution in [0.25, 0.3) is 0 Å². The quantitative estimate of drug-likeness (QED) is 0.0311. The van der Waals surface area contributed by atoms with E-state index in [0.29, 0.717) is 52.9 Å². The van der Waals surface area contributed by atoms with Gasteiger partial charge >= 0.3 is 0 Å². The van der Waals surface area contributed by atoms with Gasteiger partial charge < -0.3 is 52.5 Å². The number of hydrogen-bond donors (Lipinski definition) is 1. The summed E-state index contributed by atoms with van der Waals surface area (Å²) in [7, 11) is 0. The van der Waals surface area contributed by atoms with Crippen LogP contribution in [0.5, 0.6) is 0 Å². The van der Waals surface area contributed by atoms with E-state index in [-0.39, 0.29) is 65.1 Å². The highest BCUT2D eigenvalue weighted by Gasteiger charge is 2.19. The van der Waals surface area contributed by atoms with Crippen molar-refractivity contribution >= 4 is 0 Å². The molecule has 0 radical (unpaired) electrons. The van der Waals surface area contributed by atoms with Crippen molar-refractivity contribution in [2.75, 3.05) is 72.7 Å². The van der Waals surface area contributed by atoms with Crippen molar-refractivity contribution in [3.63, 3.8) is 0 Å². The summed E-state index contributed by atoms with van der Waals surface area (Å²) < 4.78 is 61.8. The number of aliphatic hydroxyl groups is 1. The molecule has 5 atom stereocenters. The normalized spacial score (nSPS) is 13.8. The van der Waals surface area contributed by atoms with Crippen molar-refractivity contribution in [2.45, 2.75) is 63.6 Å². The van der Waals surface area contributed by atoms with Crippen LogP contribution in [0.15, 0.2) is 164 Å². The van der Waals surface area contributed by atoms with Crippen LogP contribution in [-0.2, 0) is 80.4 Å². The summed E-state index contributed by atoms with van der Waals surface area (Å²) in [6.07, 6.45) is -0.255. The first-order chi connectivity index (χ1) is 31.7. The molecule has 11 nitrogen and oxygen atoms in total. The first kappa shape index (κ1) is 50.4. The molecule has 0 heterocycles. The molecule has 0 aliphatic heterocycles. The molecule has 11 heteroatoms. The average molecular weight is 879 g/mol. The maximum atomic E-state index is 9.99. The fourth-order valence-electron chi connectivity index (χ4n) is 6.28. The zero-order chi connectivity index (χ0) is 44.5. The Morgan fingerprint density at radius 1 is 0.328 bits per heavy atom. The lowest BCUT2D eigenvalue weighted by molar-refractivity contribution is -0.124. The molecule has 344 valence electrons. The minimum absolute atomic E-state index is 0.168. The van der Waals surface area contributed by atoms with Crippen LogP contribution >= 0.6 is 0 Å². The van der Waals surface area contributed by atoms with Crippen molar-refractivity contribution in [1.29, 1.82) is 0 Å². The monoisotopic (exact) mass is 878 g/mol. The zero-order valence-electron chi connectivity index (χ0n) is 36.9. The fourth-order valence-corrected chi connectivity index (χ4v) is 6.28. The highest BCUT2D eigenvalue weighted by atomic mass is 16.6. The molecule has 1 N–H and O–H groups in total. The second-order valence-corrected chi connectivity index (χ2v) is 15.3. The minimum Gasteiger partial charge on any atom is -0.394 e. The van der Waals surface area contributed by atoms with Crippen molar-refractivity contribution in [1.82, 2.24) is 0 Å². The van der Waals surface area contributed by atoms with Crippen LogP contribution in [0.4, 0.5) is 0 Å². The van der Waals surface area contributed by atoms with Gasteiger partial charge in [0.1, 0.15) is 30.5 Å². The van der Waals surface area contributed by atoms with Crippen molar-refractivity contribution < 1.29 is 52.5 Å². The third-order valence-corrected chi connectivity index (χ3v) is 9.82. The molecule has 5 unspecified atom stereocenters. The van der Waals surface area contributed by atoms with E-state index in [0.717, 1.165) is 27.8 Å². The molecule has 5 aromatic rings. The molecule has 0 saturated heterocycles. The van der Waals surface area contributed by atoms with E-state index in [1.165, 1.54) is 0 Å². The van der Waals surface area contributed by atoms with E-state index in [2.05, 4.69) is 6.58 Å². The molecule has 5 aromatic carbocycles. The average Bonchev–Trinajstić information content (AvgIpc) is 3.35. The van der Waals surface area contributed by atoms with Crippen molar-refractivity contribution in [3.05, 3.63) is 192 Å². The molecule has 0 aliphatic rings. The number of ether oxygens (including phenoxy) is 10. The third-order valence-electron chi connectivity index (χ3n) is 9.82. The molecule has 0 aromatic heterocycles. The van der Waals surface area contributed by atoms with E-state index in [1.54, 1.807) is 6.08 Å². The van der Waals surface area contributed by atoms with Gasteiger partial charge in [0.25, 0.3) is 0 Å². The zero-order valence-corrected chi connectivity index (χ0v) is 36.9. The van der Waals surface area contributed by atoms with Gasteiger partial charge in [0.15, 0.2) is 0 Å². The molecule has 0 bridgehead atoms. The predicted molar refractivity (Wildman–Crippen MR) is 246 cm³/mol. The largest absolute Gasteiger partial charge is 0.394 e. The predicted octanol–water partition coefficient (Wildman–Crippen LogP) is 8.17. The fraction of sp³-hybridized carbons (Fsp3) is 0.396. The van der Waals surface area contributed by atoms with Crippen LogP contribution in [0, 0.1) is 0 Å². The Hall–Kier alpha value is -4.60. The van der Waals surface area contributed by atoms with Gasteiger partial charge in [0.05, 0.1) is 106 Å². The van der Waals surface area contributed by atoms with Crippen LogP contribution in [0.3, 0.4) is 0 Å². The van der Waals surface area contributed by atoms with E-state index in [9.17, 15) is 5.11 Å². The SMILES string of the molecule is C=CCOCC(COCC(COCC(COCC(COCC(CO)OCc1ccccc1)OCc1ccccc1)OCc1ccccc1)OCc1ccccc1)OCc1ccccc1. The van der Waals surface area contributed by atoms with Gasteiger partial charge in [-0.05, 0) is 27.8 Å². The maximum absolute atomic E-state index is 9.99. The number of benzene rings is 5. The summed E-state index contributed by atoms with van der Waals surface area (Å²) in [4.78, 5) is 0. The Bertz CT molecular complexity index is 1850. The van der Waals surface area contributed by atoms with Crippen molar-refractivity contribution in [2.24, 2.45) is 0 Å². The molecule has 0 amide bonds. The minimum atomic E-state index is -0.486. The third kappa shape index (κ3) is 21.9. The van der Waals surface area contributed by atoms with Gasteiger partial charge in [-0.2, -0.15) is 0 Å². The summed E-state index contributed by atoms with van der Waals surface area (Å²) in [5, 5.41) is 9.99. The Morgan fingerprint density at radius 3 is 0.781 bits per heavy atom. The molecule has 0 saturated carbocycles. The van der Waals surface area contributed by atoms with Crippen LogP contribution in [0.2, 0.25) is 0 Å². The van der Waals surface area contributed by atoms with Gasteiger partial charge in [-0.1, -0.05) is 158 Å². The lowest BCUT2D eigenvalue weighted by Crippen LogP contribution is -2.34. The van der Waals surface area contributed by atoms with Gasteiger partial charge in [0, 0.05) is 0 Å². The van der Waals surface area contributed by atoms with E-state index < -0.39 is 18.3 Å². The molecule has 0 spiro atoms. The van der Waals surface area contributed by atoms with Crippen molar-refractivity contribution in [3.8, 4) is 0 Å². The van der Waals surface area contributed by atoms with E-state index >= 15 is 0 Å². The van der Waals surface area contributed by atoms with E-state index in [4.69, 9.17) is 47.4 Å². The Morgan fingerprint density at radius 2 is 0.547 bits per heavy atom. The first-order valence-corrected chi connectivity index (χ1v) is 22.0. The van der Waals surface area contributed by atoms with Gasteiger partial charge in [-0.25, -0.2) is 0 Å². The number of rotatable bonds is 36. The van der Waals surface area contributed by atoms with Gasteiger partial charge in [-0.3, -0.25) is 0 Å². The molecule has 0 aliphatic carbocycles. The molecule has 5 rings (SSSR count). The molecule has 64 heavy (non-hydrogen) atoms. The molecular weight excluding hydrogens is 813 g/mol. The number of aliphatic hydroxyl groups excluding tert-OH is 1. The smallest absolute Gasteiger partial charge is 0.105 e. The highest BCUT2D eigenvalue weighted by molar-refractivity contribution is 5.16. The summed E-state index contributed by atoms with van der Waals surface area (Å²) >= 11 is 0. The van der Waals surface area contributed by atoms with E-state index in [1.807, 2.05) is 152 Å². The van der Waals surface area contributed by atoms with Gasteiger partial charge in [0.2, 0.25) is 0 Å². The maximum Gasteiger partial charge on any atom is 0.105 e.